The number of nitrogens with one attached hydrogen (secondary N) is 2. The average Bonchev–Trinajstić information content (AvgIpc) is 3.26. The third-order valence-corrected chi connectivity index (χ3v) is 5.54. The molecule has 2 N–H and O–H groups in total. The van der Waals surface area contributed by atoms with Gasteiger partial charge in [-0.1, -0.05) is 18.2 Å². The molecule has 1 unspecified atom stereocenters. The van der Waals surface area contributed by atoms with Crippen LogP contribution >= 0.6 is 24.0 Å². The number of para-hydroxylation sites is 2. The number of benzene rings is 1. The fourth-order valence-electron chi connectivity index (χ4n) is 3.82. The predicted octanol–water partition coefficient (Wildman–Crippen LogP) is 3.50. The van der Waals surface area contributed by atoms with Crippen LogP contribution in [0, 0.1) is 0 Å². The van der Waals surface area contributed by atoms with Crippen LogP contribution in [-0.4, -0.2) is 57.3 Å². The van der Waals surface area contributed by atoms with Gasteiger partial charge in [-0.15, -0.1) is 24.0 Å². The first kappa shape index (κ1) is 25.0. The summed E-state index contributed by atoms with van der Waals surface area (Å²) in [5.41, 5.74) is 2.28. The lowest BCUT2D eigenvalue weighted by Gasteiger charge is -2.22. The van der Waals surface area contributed by atoms with Gasteiger partial charge in [0.05, 0.1) is 12.8 Å². The fraction of sp³-hybridized carbons (Fsp3) is 0.478. The molecule has 2 aromatic rings. The summed E-state index contributed by atoms with van der Waals surface area (Å²) in [5, 5.41) is 6.96. The number of rotatable bonds is 8. The Kier molecular flexibility index (Phi) is 10.2. The van der Waals surface area contributed by atoms with Crippen molar-refractivity contribution in [3.63, 3.8) is 0 Å². The molecule has 0 spiro atoms. The van der Waals surface area contributed by atoms with Gasteiger partial charge >= 0.3 is 0 Å². The molecule has 170 valence electrons. The number of aromatic nitrogens is 1. The second kappa shape index (κ2) is 12.6. The number of pyridine rings is 1. The molecule has 1 aromatic carbocycles. The summed E-state index contributed by atoms with van der Waals surface area (Å²) in [6, 6.07) is 12.7. The molecule has 2 heterocycles. The van der Waals surface area contributed by atoms with Crippen molar-refractivity contribution in [1.29, 1.82) is 0 Å². The van der Waals surface area contributed by atoms with E-state index in [1.807, 2.05) is 25.4 Å². The molecule has 1 aromatic heterocycles. The molecular formula is C23H35IN6O. The molecule has 31 heavy (non-hydrogen) atoms. The van der Waals surface area contributed by atoms with Crippen LogP contribution in [0.15, 0.2) is 47.6 Å². The van der Waals surface area contributed by atoms with E-state index in [9.17, 15) is 0 Å². The Hall–Kier alpha value is -2.23. The first-order valence-electron chi connectivity index (χ1n) is 10.7. The summed E-state index contributed by atoms with van der Waals surface area (Å²) in [7, 11) is 3.53. The van der Waals surface area contributed by atoms with Crippen molar-refractivity contribution in [1.82, 2.24) is 15.6 Å². The van der Waals surface area contributed by atoms with Crippen LogP contribution in [0.3, 0.4) is 0 Å². The second-order valence-corrected chi connectivity index (χ2v) is 7.37. The summed E-state index contributed by atoms with van der Waals surface area (Å²) in [4.78, 5) is 13.6. The molecule has 0 bridgehead atoms. The Labute approximate surface area is 203 Å². The van der Waals surface area contributed by atoms with Crippen LogP contribution in [-0.2, 0) is 6.54 Å². The van der Waals surface area contributed by atoms with Crippen LogP contribution in [0.1, 0.15) is 25.8 Å². The van der Waals surface area contributed by atoms with E-state index >= 15 is 0 Å². The number of guanidine groups is 1. The van der Waals surface area contributed by atoms with Gasteiger partial charge in [0.25, 0.3) is 0 Å². The van der Waals surface area contributed by atoms with E-state index in [1.165, 1.54) is 0 Å². The van der Waals surface area contributed by atoms with Gasteiger partial charge in [-0.2, -0.15) is 0 Å². The van der Waals surface area contributed by atoms with Crippen molar-refractivity contribution >= 4 is 41.4 Å². The maximum atomic E-state index is 5.51. The lowest BCUT2D eigenvalue weighted by molar-refractivity contribution is 0.415. The Morgan fingerprint density at radius 1 is 1.23 bits per heavy atom. The fourth-order valence-corrected chi connectivity index (χ4v) is 3.82. The van der Waals surface area contributed by atoms with E-state index in [0.29, 0.717) is 12.6 Å². The quantitative estimate of drug-likeness (QED) is 0.305. The standard InChI is InChI=1S/C23H34N6O.HI/c1-5-28(6-2)22-12-11-18(15-25-22)16-26-23(24-3)27-19-13-14-29(17-19)20-9-7-8-10-21(20)30-4;/h7-12,15,19H,5-6,13-14,16-17H2,1-4H3,(H2,24,26,27);1H. The molecule has 1 aliphatic heterocycles. The summed E-state index contributed by atoms with van der Waals surface area (Å²) in [6.07, 6.45) is 2.99. The minimum absolute atomic E-state index is 0. The van der Waals surface area contributed by atoms with Gasteiger partial charge in [0.15, 0.2) is 5.96 Å². The minimum Gasteiger partial charge on any atom is -0.495 e. The number of methoxy groups -OCH3 is 1. The van der Waals surface area contributed by atoms with Crippen LogP contribution in [0.5, 0.6) is 5.75 Å². The number of anilines is 2. The normalized spacial score (nSPS) is 15.9. The number of halogens is 1. The van der Waals surface area contributed by atoms with Crippen LogP contribution in [0.25, 0.3) is 0 Å². The topological polar surface area (TPSA) is 65.0 Å². The summed E-state index contributed by atoms with van der Waals surface area (Å²) >= 11 is 0. The van der Waals surface area contributed by atoms with E-state index in [2.05, 4.69) is 68.5 Å². The van der Waals surface area contributed by atoms with Crippen molar-refractivity contribution in [3.8, 4) is 5.75 Å². The summed E-state index contributed by atoms with van der Waals surface area (Å²) in [6.45, 7) is 8.82. The second-order valence-electron chi connectivity index (χ2n) is 7.37. The smallest absolute Gasteiger partial charge is 0.191 e. The predicted molar refractivity (Wildman–Crippen MR) is 140 cm³/mol. The molecular weight excluding hydrogens is 503 g/mol. The molecule has 0 amide bonds. The molecule has 0 radical (unpaired) electrons. The van der Waals surface area contributed by atoms with Crippen LogP contribution in [0.4, 0.5) is 11.5 Å². The minimum atomic E-state index is 0. The SMILES string of the molecule is CCN(CC)c1ccc(CNC(=NC)NC2CCN(c3ccccc3OC)C2)cn1.I. The highest BCUT2D eigenvalue weighted by molar-refractivity contribution is 14.0. The zero-order chi connectivity index (χ0) is 21.3. The van der Waals surface area contributed by atoms with Gasteiger partial charge in [-0.25, -0.2) is 4.98 Å². The first-order valence-corrected chi connectivity index (χ1v) is 10.7. The van der Waals surface area contributed by atoms with Crippen molar-refractivity contribution in [2.75, 3.05) is 50.1 Å². The van der Waals surface area contributed by atoms with Gasteiger partial charge in [0.2, 0.25) is 0 Å². The van der Waals surface area contributed by atoms with E-state index in [4.69, 9.17) is 4.74 Å². The Morgan fingerprint density at radius 3 is 2.65 bits per heavy atom. The van der Waals surface area contributed by atoms with Gasteiger partial charge in [0.1, 0.15) is 11.6 Å². The third kappa shape index (κ3) is 6.62. The lowest BCUT2D eigenvalue weighted by atomic mass is 10.2. The average molecular weight is 538 g/mol. The van der Waals surface area contributed by atoms with E-state index in [-0.39, 0.29) is 24.0 Å². The molecule has 7 nitrogen and oxygen atoms in total. The number of ether oxygens (including phenoxy) is 1. The lowest BCUT2D eigenvalue weighted by Crippen LogP contribution is -2.44. The van der Waals surface area contributed by atoms with Crippen molar-refractivity contribution in [2.45, 2.75) is 32.9 Å². The number of aliphatic imine (C=N–C) groups is 1. The molecule has 1 atom stereocenters. The Balaban J connectivity index is 0.00000341. The molecule has 0 aliphatic carbocycles. The molecule has 1 fully saturated rings. The largest absolute Gasteiger partial charge is 0.495 e. The highest BCUT2D eigenvalue weighted by Crippen LogP contribution is 2.30. The molecule has 3 rings (SSSR count). The maximum Gasteiger partial charge on any atom is 0.191 e. The van der Waals surface area contributed by atoms with Gasteiger partial charge in [-0.3, -0.25) is 4.99 Å². The highest BCUT2D eigenvalue weighted by atomic mass is 127. The maximum absolute atomic E-state index is 5.51. The highest BCUT2D eigenvalue weighted by Gasteiger charge is 2.25. The molecule has 8 heteroatoms. The van der Waals surface area contributed by atoms with Crippen molar-refractivity contribution < 1.29 is 4.74 Å². The molecule has 1 aliphatic rings. The van der Waals surface area contributed by atoms with Gasteiger partial charge in [0, 0.05) is 52.0 Å². The summed E-state index contributed by atoms with van der Waals surface area (Å²) in [5.74, 6) is 2.75. The van der Waals surface area contributed by atoms with Gasteiger partial charge < -0.3 is 25.2 Å². The number of hydrogen-bond donors (Lipinski definition) is 2. The van der Waals surface area contributed by atoms with Crippen molar-refractivity contribution in [3.05, 3.63) is 48.2 Å². The number of hydrogen-bond acceptors (Lipinski definition) is 5. The Morgan fingerprint density at radius 2 is 2.00 bits per heavy atom. The molecule has 1 saturated heterocycles. The monoisotopic (exact) mass is 538 g/mol. The summed E-state index contributed by atoms with van der Waals surface area (Å²) < 4.78 is 5.51. The van der Waals surface area contributed by atoms with E-state index in [1.54, 1.807) is 7.11 Å². The Bertz CT molecular complexity index is 825. The van der Waals surface area contributed by atoms with Crippen LogP contribution in [0.2, 0.25) is 0 Å². The van der Waals surface area contributed by atoms with Crippen molar-refractivity contribution in [2.24, 2.45) is 4.99 Å². The third-order valence-electron chi connectivity index (χ3n) is 5.54. The van der Waals surface area contributed by atoms with E-state index in [0.717, 1.165) is 61.4 Å². The number of nitrogens with zero attached hydrogens (tertiary/aromatic N) is 4. The zero-order valence-corrected chi connectivity index (χ0v) is 21.3. The van der Waals surface area contributed by atoms with Gasteiger partial charge in [-0.05, 0) is 44.0 Å². The van der Waals surface area contributed by atoms with E-state index < -0.39 is 0 Å². The first-order chi connectivity index (χ1) is 14.7. The zero-order valence-electron chi connectivity index (χ0n) is 19.0. The molecule has 0 saturated carbocycles. The van der Waals surface area contributed by atoms with Crippen LogP contribution < -0.4 is 25.2 Å².